The molecule has 0 saturated heterocycles. The first kappa shape index (κ1) is 14.5. The maximum absolute atomic E-state index is 6.36. The van der Waals surface area contributed by atoms with Crippen LogP contribution in [-0.4, -0.2) is 30.6 Å². The first-order valence-electron chi connectivity index (χ1n) is 6.08. The Kier molecular flexibility index (Phi) is 4.99. The highest BCUT2D eigenvalue weighted by molar-refractivity contribution is 6.31. The largest absolute Gasteiger partial charge is 0.326 e. The van der Waals surface area contributed by atoms with Crippen LogP contribution in [0, 0.1) is 0 Å². The normalized spacial score (nSPS) is 16.9. The molecule has 0 saturated carbocycles. The summed E-state index contributed by atoms with van der Waals surface area (Å²) in [4.78, 5) is 2.20. The van der Waals surface area contributed by atoms with Gasteiger partial charge in [-0.25, -0.2) is 0 Å². The maximum atomic E-state index is 6.36. The molecule has 17 heavy (non-hydrogen) atoms. The third kappa shape index (κ3) is 3.21. The smallest absolute Gasteiger partial charge is 0.0438 e. The molecule has 3 heteroatoms. The summed E-state index contributed by atoms with van der Waals surface area (Å²) in [7, 11) is 4.16. The van der Waals surface area contributed by atoms with Gasteiger partial charge in [0.15, 0.2) is 0 Å². The molecule has 0 heterocycles. The zero-order chi connectivity index (χ0) is 13.1. The summed E-state index contributed by atoms with van der Waals surface area (Å²) in [5, 5.41) is 0.806. The SMILES string of the molecule is CCC(C)(C(N)Cc1ccccc1Cl)N(C)C. The van der Waals surface area contributed by atoms with Gasteiger partial charge in [-0.05, 0) is 45.5 Å². The molecular formula is C14H23ClN2. The summed E-state index contributed by atoms with van der Waals surface area (Å²) < 4.78 is 0. The summed E-state index contributed by atoms with van der Waals surface area (Å²) >= 11 is 6.17. The van der Waals surface area contributed by atoms with Gasteiger partial charge in [0.1, 0.15) is 0 Å². The van der Waals surface area contributed by atoms with Gasteiger partial charge in [-0.2, -0.15) is 0 Å². The summed E-state index contributed by atoms with van der Waals surface area (Å²) in [6.07, 6.45) is 1.83. The average molecular weight is 255 g/mol. The van der Waals surface area contributed by atoms with Crippen LogP contribution in [0.3, 0.4) is 0 Å². The van der Waals surface area contributed by atoms with E-state index in [4.69, 9.17) is 17.3 Å². The summed E-state index contributed by atoms with van der Waals surface area (Å²) in [6, 6.07) is 7.99. The molecule has 0 fully saturated rings. The van der Waals surface area contributed by atoms with Crippen LogP contribution in [-0.2, 0) is 6.42 Å². The fourth-order valence-electron chi connectivity index (χ4n) is 2.03. The van der Waals surface area contributed by atoms with E-state index in [2.05, 4.69) is 32.8 Å². The van der Waals surface area contributed by atoms with Crippen molar-refractivity contribution in [3.63, 3.8) is 0 Å². The highest BCUT2D eigenvalue weighted by atomic mass is 35.5. The van der Waals surface area contributed by atoms with Gasteiger partial charge in [0.05, 0.1) is 0 Å². The zero-order valence-electron chi connectivity index (χ0n) is 11.2. The van der Waals surface area contributed by atoms with Crippen LogP contribution in [0.2, 0.25) is 5.02 Å². The molecule has 96 valence electrons. The third-order valence-electron chi connectivity index (χ3n) is 3.93. The predicted octanol–water partition coefficient (Wildman–Crippen LogP) is 2.94. The van der Waals surface area contributed by atoms with E-state index in [1.165, 1.54) is 0 Å². The lowest BCUT2D eigenvalue weighted by Crippen LogP contribution is -2.55. The Morgan fingerprint density at radius 2 is 1.94 bits per heavy atom. The van der Waals surface area contributed by atoms with Crippen molar-refractivity contribution in [3.8, 4) is 0 Å². The van der Waals surface area contributed by atoms with Gasteiger partial charge < -0.3 is 10.6 Å². The molecule has 0 amide bonds. The van der Waals surface area contributed by atoms with Crippen LogP contribution in [0.5, 0.6) is 0 Å². The number of nitrogens with two attached hydrogens (primary N) is 1. The van der Waals surface area contributed by atoms with E-state index < -0.39 is 0 Å². The number of likely N-dealkylation sites (N-methyl/N-ethyl adjacent to an activating group) is 1. The van der Waals surface area contributed by atoms with Crippen LogP contribution in [0.15, 0.2) is 24.3 Å². The van der Waals surface area contributed by atoms with Gasteiger partial charge in [0.2, 0.25) is 0 Å². The number of halogens is 1. The molecule has 0 aliphatic rings. The summed E-state index contributed by atoms with van der Waals surface area (Å²) in [5.41, 5.74) is 7.49. The minimum absolute atomic E-state index is 0.000823. The Bertz CT molecular complexity index is 365. The van der Waals surface area contributed by atoms with E-state index in [1.54, 1.807) is 0 Å². The Hall–Kier alpha value is -0.570. The predicted molar refractivity (Wildman–Crippen MR) is 75.5 cm³/mol. The van der Waals surface area contributed by atoms with E-state index in [0.717, 1.165) is 23.4 Å². The molecular weight excluding hydrogens is 232 g/mol. The highest BCUT2D eigenvalue weighted by Gasteiger charge is 2.32. The first-order valence-corrected chi connectivity index (χ1v) is 6.46. The lowest BCUT2D eigenvalue weighted by Gasteiger charge is -2.41. The standard InChI is InChI=1S/C14H23ClN2/c1-5-14(2,17(3)4)13(16)10-11-8-6-7-9-12(11)15/h6-9,13H,5,10,16H2,1-4H3. The van der Waals surface area contributed by atoms with Gasteiger partial charge in [0, 0.05) is 16.6 Å². The molecule has 0 bridgehead atoms. The topological polar surface area (TPSA) is 29.3 Å². The van der Waals surface area contributed by atoms with Crippen molar-refractivity contribution < 1.29 is 0 Å². The quantitative estimate of drug-likeness (QED) is 0.876. The Labute approximate surface area is 110 Å². The van der Waals surface area contributed by atoms with E-state index in [-0.39, 0.29) is 11.6 Å². The van der Waals surface area contributed by atoms with Crippen LogP contribution in [0.4, 0.5) is 0 Å². The number of hydrogen-bond acceptors (Lipinski definition) is 2. The van der Waals surface area contributed by atoms with Crippen LogP contribution < -0.4 is 5.73 Å². The van der Waals surface area contributed by atoms with Crippen LogP contribution >= 0.6 is 11.6 Å². The summed E-state index contributed by atoms with van der Waals surface area (Å²) in [6.45, 7) is 4.38. The van der Waals surface area contributed by atoms with Crippen molar-refractivity contribution in [1.29, 1.82) is 0 Å². The number of nitrogens with zero attached hydrogens (tertiary/aromatic N) is 1. The molecule has 2 unspecified atom stereocenters. The van der Waals surface area contributed by atoms with Gasteiger partial charge in [-0.1, -0.05) is 36.7 Å². The molecule has 1 rings (SSSR count). The van der Waals surface area contributed by atoms with Gasteiger partial charge >= 0.3 is 0 Å². The second-order valence-electron chi connectivity index (χ2n) is 5.01. The molecule has 0 spiro atoms. The van der Waals surface area contributed by atoms with Crippen molar-refractivity contribution in [1.82, 2.24) is 4.90 Å². The molecule has 1 aromatic rings. The third-order valence-corrected chi connectivity index (χ3v) is 4.30. The Morgan fingerprint density at radius 1 is 1.35 bits per heavy atom. The number of benzene rings is 1. The van der Waals surface area contributed by atoms with Crippen molar-refractivity contribution in [2.45, 2.75) is 38.3 Å². The van der Waals surface area contributed by atoms with E-state index in [0.29, 0.717) is 0 Å². The minimum atomic E-state index is -0.000823. The Morgan fingerprint density at radius 3 is 2.41 bits per heavy atom. The monoisotopic (exact) mass is 254 g/mol. The number of hydrogen-bond donors (Lipinski definition) is 1. The first-order chi connectivity index (χ1) is 7.91. The van der Waals surface area contributed by atoms with Crippen LogP contribution in [0.25, 0.3) is 0 Å². The molecule has 0 aromatic heterocycles. The lowest BCUT2D eigenvalue weighted by molar-refractivity contribution is 0.131. The maximum Gasteiger partial charge on any atom is 0.0438 e. The molecule has 0 radical (unpaired) electrons. The van der Waals surface area contributed by atoms with Crippen molar-refractivity contribution in [2.24, 2.45) is 5.73 Å². The molecule has 0 aliphatic carbocycles. The zero-order valence-corrected chi connectivity index (χ0v) is 12.0. The van der Waals surface area contributed by atoms with Crippen molar-refractivity contribution in [2.75, 3.05) is 14.1 Å². The Balaban J connectivity index is 2.85. The van der Waals surface area contributed by atoms with Gasteiger partial charge in [-0.15, -0.1) is 0 Å². The summed E-state index contributed by atoms with van der Waals surface area (Å²) in [5.74, 6) is 0. The molecule has 2 N–H and O–H groups in total. The van der Waals surface area contributed by atoms with E-state index >= 15 is 0 Å². The van der Waals surface area contributed by atoms with Gasteiger partial charge in [-0.3, -0.25) is 0 Å². The van der Waals surface area contributed by atoms with Gasteiger partial charge in [0.25, 0.3) is 0 Å². The van der Waals surface area contributed by atoms with Crippen molar-refractivity contribution >= 4 is 11.6 Å². The molecule has 2 nitrogen and oxygen atoms in total. The molecule has 2 atom stereocenters. The highest BCUT2D eigenvalue weighted by Crippen LogP contribution is 2.24. The molecule has 1 aromatic carbocycles. The second-order valence-corrected chi connectivity index (χ2v) is 5.41. The fraction of sp³-hybridized carbons (Fsp3) is 0.571. The van der Waals surface area contributed by atoms with Crippen molar-refractivity contribution in [3.05, 3.63) is 34.9 Å². The second kappa shape index (κ2) is 5.85. The van der Waals surface area contributed by atoms with Crippen LogP contribution in [0.1, 0.15) is 25.8 Å². The van der Waals surface area contributed by atoms with E-state index in [9.17, 15) is 0 Å². The number of rotatable bonds is 5. The average Bonchev–Trinajstić information content (AvgIpc) is 2.30. The minimum Gasteiger partial charge on any atom is -0.326 e. The fourth-order valence-corrected chi connectivity index (χ4v) is 2.24. The molecule has 0 aliphatic heterocycles. The van der Waals surface area contributed by atoms with E-state index in [1.807, 2.05) is 24.3 Å². The lowest BCUT2D eigenvalue weighted by atomic mass is 9.85.